The summed E-state index contributed by atoms with van der Waals surface area (Å²) in [6.45, 7) is 2.37. The lowest BCUT2D eigenvalue weighted by Gasteiger charge is -2.35. The Kier molecular flexibility index (Phi) is 8.53. The maximum atomic E-state index is 14.0. The molecule has 37 heavy (non-hydrogen) atoms. The normalized spacial score (nSPS) is 19.9. The molecule has 3 N–H and O–H groups in total. The summed E-state index contributed by atoms with van der Waals surface area (Å²) in [7, 11) is 1.72. The van der Waals surface area contributed by atoms with Crippen LogP contribution in [-0.2, 0) is 9.59 Å². The smallest absolute Gasteiger partial charge is 0.338 e. The van der Waals surface area contributed by atoms with Crippen LogP contribution < -0.4 is 10.6 Å². The molecule has 2 aromatic rings. The second kappa shape index (κ2) is 11.8. The first-order valence-corrected chi connectivity index (χ1v) is 13.1. The predicted octanol–water partition coefficient (Wildman–Crippen LogP) is 3.92. The van der Waals surface area contributed by atoms with Crippen LogP contribution in [0.3, 0.4) is 0 Å². The average molecular weight is 511 g/mol. The number of aromatic carboxylic acids is 1. The van der Waals surface area contributed by atoms with Gasteiger partial charge in [-0.1, -0.05) is 25.3 Å². The number of benzene rings is 1. The highest BCUT2D eigenvalue weighted by Crippen LogP contribution is 2.36. The summed E-state index contributed by atoms with van der Waals surface area (Å²) < 4.78 is 13.9. The van der Waals surface area contributed by atoms with Gasteiger partial charge >= 0.3 is 5.97 Å². The van der Waals surface area contributed by atoms with E-state index in [2.05, 4.69) is 15.6 Å². The zero-order chi connectivity index (χ0) is 26.5. The molecule has 2 fully saturated rings. The van der Waals surface area contributed by atoms with Gasteiger partial charge in [0, 0.05) is 24.5 Å². The maximum absolute atomic E-state index is 14.0. The maximum Gasteiger partial charge on any atom is 0.338 e. The number of likely N-dealkylation sites (N-methyl/N-ethyl adjacent to an activating group) is 1. The summed E-state index contributed by atoms with van der Waals surface area (Å²) in [5, 5.41) is 15.3. The molecule has 2 aliphatic rings. The van der Waals surface area contributed by atoms with E-state index in [4.69, 9.17) is 0 Å². The highest BCUT2D eigenvalue weighted by Gasteiger charge is 2.39. The van der Waals surface area contributed by atoms with Crippen LogP contribution in [0, 0.1) is 11.7 Å². The van der Waals surface area contributed by atoms with Crippen molar-refractivity contribution < 1.29 is 23.9 Å². The fraction of sp³-hybridized carbons (Fsp3) is 0.500. The van der Waals surface area contributed by atoms with Crippen LogP contribution in [0.1, 0.15) is 73.8 Å². The molecule has 1 aromatic heterocycles. The van der Waals surface area contributed by atoms with Crippen molar-refractivity contribution in [2.45, 2.75) is 70.0 Å². The topological polar surface area (TPSA) is 112 Å². The summed E-state index contributed by atoms with van der Waals surface area (Å²) in [4.78, 5) is 44.3. The Hall–Kier alpha value is -3.33. The molecule has 2 amide bonds. The fourth-order valence-corrected chi connectivity index (χ4v) is 5.48. The first-order valence-electron chi connectivity index (χ1n) is 13.1. The Morgan fingerprint density at radius 1 is 1.05 bits per heavy atom. The molecule has 1 saturated carbocycles. The van der Waals surface area contributed by atoms with E-state index in [1.807, 2.05) is 11.0 Å². The molecule has 0 spiro atoms. The summed E-state index contributed by atoms with van der Waals surface area (Å²) >= 11 is 0. The van der Waals surface area contributed by atoms with Gasteiger partial charge in [0.25, 0.3) is 0 Å². The molecule has 1 saturated heterocycles. The zero-order valence-corrected chi connectivity index (χ0v) is 21.4. The number of carbonyl (C=O) groups is 3. The van der Waals surface area contributed by atoms with Gasteiger partial charge in [-0.15, -0.1) is 0 Å². The largest absolute Gasteiger partial charge is 0.478 e. The number of amides is 2. The van der Waals surface area contributed by atoms with Gasteiger partial charge in [0.05, 0.1) is 17.6 Å². The number of pyridine rings is 1. The van der Waals surface area contributed by atoms with Gasteiger partial charge in [0.1, 0.15) is 11.9 Å². The van der Waals surface area contributed by atoms with Gasteiger partial charge in [-0.3, -0.25) is 14.6 Å². The molecule has 8 nitrogen and oxygen atoms in total. The van der Waals surface area contributed by atoms with E-state index < -0.39 is 29.4 Å². The first kappa shape index (κ1) is 26.7. The van der Waals surface area contributed by atoms with Crippen molar-refractivity contribution in [3.8, 4) is 11.1 Å². The Morgan fingerprint density at radius 2 is 1.81 bits per heavy atom. The van der Waals surface area contributed by atoms with Gasteiger partial charge in [-0.2, -0.15) is 0 Å². The third-order valence-electron chi connectivity index (χ3n) is 7.72. The number of hydrogen-bond acceptors (Lipinski definition) is 5. The zero-order valence-electron chi connectivity index (χ0n) is 21.4. The number of carboxylic acid groups (broad SMARTS) is 1. The molecule has 0 bridgehead atoms. The van der Waals surface area contributed by atoms with Crippen molar-refractivity contribution in [1.82, 2.24) is 20.5 Å². The Balaban J connectivity index is 1.60. The third-order valence-corrected chi connectivity index (χ3v) is 7.72. The Bertz CT molecular complexity index is 1150. The summed E-state index contributed by atoms with van der Waals surface area (Å²) in [5.74, 6) is -2.27. The number of likely N-dealkylation sites (tertiary alicyclic amines) is 1. The number of hydrogen-bond donors (Lipinski definition) is 3. The number of carboxylic acids is 1. The number of nitrogens with zero attached hydrogens (tertiary/aromatic N) is 2. The van der Waals surface area contributed by atoms with E-state index in [1.54, 1.807) is 26.4 Å². The molecule has 1 aromatic carbocycles. The molecule has 0 unspecified atom stereocenters. The molecular formula is C28H35FN4O4. The van der Waals surface area contributed by atoms with Crippen molar-refractivity contribution in [1.29, 1.82) is 0 Å². The van der Waals surface area contributed by atoms with Gasteiger partial charge in [-0.25, -0.2) is 9.18 Å². The summed E-state index contributed by atoms with van der Waals surface area (Å²) in [6.07, 6.45) is 10.0. The van der Waals surface area contributed by atoms with Crippen LogP contribution in [0.15, 0.2) is 36.7 Å². The van der Waals surface area contributed by atoms with E-state index in [9.17, 15) is 23.9 Å². The van der Waals surface area contributed by atoms with Gasteiger partial charge in [-0.05, 0) is 74.9 Å². The lowest BCUT2D eigenvalue weighted by molar-refractivity contribution is -0.139. The molecule has 1 aliphatic heterocycles. The van der Waals surface area contributed by atoms with E-state index in [-0.39, 0.29) is 23.8 Å². The van der Waals surface area contributed by atoms with Gasteiger partial charge < -0.3 is 20.6 Å². The van der Waals surface area contributed by atoms with Crippen molar-refractivity contribution in [2.75, 3.05) is 13.6 Å². The molecule has 0 radical (unpaired) electrons. The quantitative estimate of drug-likeness (QED) is 0.496. The number of aromatic nitrogens is 1. The minimum absolute atomic E-state index is 0.0635. The summed E-state index contributed by atoms with van der Waals surface area (Å²) in [5.41, 5.74) is 1.63. The number of carbonyl (C=O) groups excluding carboxylic acids is 2. The van der Waals surface area contributed by atoms with Crippen molar-refractivity contribution in [3.05, 3.63) is 53.6 Å². The second-order valence-electron chi connectivity index (χ2n) is 10.1. The van der Waals surface area contributed by atoms with Crippen LogP contribution in [0.25, 0.3) is 11.1 Å². The van der Waals surface area contributed by atoms with Crippen LogP contribution in [0.2, 0.25) is 0 Å². The highest BCUT2D eigenvalue weighted by atomic mass is 19.1. The van der Waals surface area contributed by atoms with Crippen molar-refractivity contribution >= 4 is 17.8 Å². The lowest BCUT2D eigenvalue weighted by Crippen LogP contribution is -2.55. The molecule has 3 atom stereocenters. The highest BCUT2D eigenvalue weighted by molar-refractivity contribution is 5.91. The summed E-state index contributed by atoms with van der Waals surface area (Å²) in [6, 6.07) is 4.67. The Labute approximate surface area is 216 Å². The van der Waals surface area contributed by atoms with Crippen molar-refractivity contribution in [3.63, 3.8) is 0 Å². The van der Waals surface area contributed by atoms with Crippen molar-refractivity contribution in [2.24, 2.45) is 5.92 Å². The standard InChI is InChI=1S/C28H35FN4O4/c1-17(30-2)26(34)32-25(18-7-4-3-5-8-18)27(35)33-12-6-9-24(33)21-13-20(15-31-16-21)19-10-11-23(29)22(14-19)28(36)37/h10-11,13-18,24-25,30H,3-9,12H2,1-2H3,(H,32,34)(H,36,37)/t17-,24-,25-/m0/s1. The first-order chi connectivity index (χ1) is 17.8. The number of halogens is 1. The second-order valence-corrected chi connectivity index (χ2v) is 10.1. The van der Waals surface area contributed by atoms with E-state index >= 15 is 0 Å². The number of rotatable bonds is 8. The van der Waals surface area contributed by atoms with Crippen LogP contribution in [0.5, 0.6) is 0 Å². The molecule has 198 valence electrons. The third kappa shape index (κ3) is 5.98. The SMILES string of the molecule is CN[C@@H](C)C(=O)N[C@H](C(=O)N1CCC[C@H]1c1cncc(-c2ccc(F)c(C(=O)O)c2)c1)C1CCCCC1. The minimum atomic E-state index is -1.33. The molecule has 9 heteroatoms. The van der Waals surface area contributed by atoms with Crippen LogP contribution >= 0.6 is 0 Å². The van der Waals surface area contributed by atoms with E-state index in [0.29, 0.717) is 17.7 Å². The Morgan fingerprint density at radius 3 is 2.51 bits per heavy atom. The van der Waals surface area contributed by atoms with Gasteiger partial charge in [0.2, 0.25) is 11.8 Å². The van der Waals surface area contributed by atoms with E-state index in [0.717, 1.165) is 56.6 Å². The van der Waals surface area contributed by atoms with E-state index in [1.165, 1.54) is 12.1 Å². The molecule has 1 aliphatic carbocycles. The van der Waals surface area contributed by atoms with Gasteiger partial charge in [0.15, 0.2) is 0 Å². The average Bonchev–Trinajstić information content (AvgIpc) is 3.41. The molecular weight excluding hydrogens is 475 g/mol. The monoisotopic (exact) mass is 510 g/mol. The number of nitrogens with one attached hydrogen (secondary N) is 2. The molecule has 4 rings (SSSR count). The van der Waals surface area contributed by atoms with Crippen LogP contribution in [-0.4, -0.2) is 58.5 Å². The molecule has 2 heterocycles. The van der Waals surface area contributed by atoms with Crippen LogP contribution in [0.4, 0.5) is 4.39 Å². The lowest BCUT2D eigenvalue weighted by atomic mass is 9.83. The minimum Gasteiger partial charge on any atom is -0.478 e. The predicted molar refractivity (Wildman–Crippen MR) is 137 cm³/mol. The fourth-order valence-electron chi connectivity index (χ4n) is 5.48.